The van der Waals surface area contributed by atoms with Crippen LogP contribution in [0.3, 0.4) is 0 Å². The first kappa shape index (κ1) is 21.1. The number of ether oxygens (including phenoxy) is 2. The van der Waals surface area contributed by atoms with Crippen molar-refractivity contribution in [2.24, 2.45) is 0 Å². The molecule has 0 radical (unpaired) electrons. The van der Waals surface area contributed by atoms with E-state index in [-0.39, 0.29) is 19.1 Å². The number of aliphatic carboxylic acids is 1. The number of carboxylic acids is 1. The fraction of sp³-hybridized carbons (Fsp3) is 0.320. The minimum atomic E-state index is -0.843. The second-order valence-corrected chi connectivity index (χ2v) is 8.35. The van der Waals surface area contributed by atoms with E-state index >= 15 is 0 Å². The second kappa shape index (κ2) is 9.36. The summed E-state index contributed by atoms with van der Waals surface area (Å²) < 4.78 is 12.7. The number of aromatic nitrogens is 3. The monoisotopic (exact) mass is 446 g/mol. The molecule has 2 aliphatic rings. The minimum absolute atomic E-state index is 0.0149. The van der Waals surface area contributed by atoms with Gasteiger partial charge in [-0.2, -0.15) is 0 Å². The van der Waals surface area contributed by atoms with Crippen molar-refractivity contribution in [1.29, 1.82) is 0 Å². The molecule has 1 atom stereocenters. The van der Waals surface area contributed by atoms with Crippen molar-refractivity contribution in [2.45, 2.75) is 38.1 Å². The molecule has 4 heterocycles. The summed E-state index contributed by atoms with van der Waals surface area (Å²) in [7, 11) is 0. The Bertz CT molecular complexity index is 1190. The molecule has 2 aromatic heterocycles. The van der Waals surface area contributed by atoms with Crippen LogP contribution in [0.4, 0.5) is 5.82 Å². The van der Waals surface area contributed by atoms with E-state index in [1.807, 2.05) is 35.0 Å². The number of aryl methyl sites for hydroxylation is 1. The van der Waals surface area contributed by atoms with Gasteiger partial charge in [0.05, 0.1) is 18.4 Å². The number of rotatable bonds is 8. The molecule has 0 aliphatic carbocycles. The standard InChI is InChI=1S/C25H26N4O4/c30-24(31)12-19(18-7-9-22-23(11-18)33-16-32-22)13-29-14-21(27-15-29)5-1-4-20-8-6-17-3-2-10-26-25(17)28-20/h1,5-9,11,14-15,19H,2-4,10,12-13,16H2,(H,26,28)(H,30,31). The largest absolute Gasteiger partial charge is 0.481 e. The summed E-state index contributed by atoms with van der Waals surface area (Å²) in [4.78, 5) is 20.6. The van der Waals surface area contributed by atoms with Gasteiger partial charge in [0.25, 0.3) is 0 Å². The SMILES string of the molecule is O=C(O)CC(Cn1cnc(C=CCc2ccc3c(n2)NCCC3)c1)c1ccc2c(c1)OCO2. The van der Waals surface area contributed by atoms with Crippen molar-refractivity contribution in [3.8, 4) is 11.5 Å². The number of pyridine rings is 1. The number of imidazole rings is 1. The van der Waals surface area contributed by atoms with Crippen LogP contribution in [0.25, 0.3) is 6.08 Å². The van der Waals surface area contributed by atoms with E-state index in [1.165, 1.54) is 5.56 Å². The predicted molar refractivity (Wildman–Crippen MR) is 124 cm³/mol. The number of hydrogen-bond acceptors (Lipinski definition) is 6. The summed E-state index contributed by atoms with van der Waals surface area (Å²) in [6, 6.07) is 9.84. The van der Waals surface area contributed by atoms with Crippen molar-refractivity contribution < 1.29 is 19.4 Å². The van der Waals surface area contributed by atoms with Crippen molar-refractivity contribution in [1.82, 2.24) is 14.5 Å². The molecule has 0 saturated carbocycles. The molecule has 1 aromatic carbocycles. The van der Waals surface area contributed by atoms with Crippen molar-refractivity contribution in [3.63, 3.8) is 0 Å². The maximum absolute atomic E-state index is 11.5. The molecule has 2 aliphatic heterocycles. The third-order valence-corrected chi connectivity index (χ3v) is 5.94. The van der Waals surface area contributed by atoms with Crippen LogP contribution in [-0.2, 0) is 24.2 Å². The third kappa shape index (κ3) is 5.00. The predicted octanol–water partition coefficient (Wildman–Crippen LogP) is 3.88. The molecule has 8 heteroatoms. The molecule has 2 N–H and O–H groups in total. The first-order valence-electron chi connectivity index (χ1n) is 11.2. The Hall–Kier alpha value is -3.81. The number of benzene rings is 1. The summed E-state index contributed by atoms with van der Waals surface area (Å²) in [5.41, 5.74) is 4.03. The van der Waals surface area contributed by atoms with Gasteiger partial charge in [-0.15, -0.1) is 0 Å². The molecule has 8 nitrogen and oxygen atoms in total. The Kier molecular flexibility index (Phi) is 5.97. The van der Waals surface area contributed by atoms with E-state index < -0.39 is 5.97 Å². The quantitative estimate of drug-likeness (QED) is 0.542. The zero-order chi connectivity index (χ0) is 22.6. The van der Waals surface area contributed by atoms with Crippen LogP contribution in [0, 0.1) is 0 Å². The molecule has 0 bridgehead atoms. The van der Waals surface area contributed by atoms with Gasteiger partial charge in [0, 0.05) is 37.3 Å². The molecule has 170 valence electrons. The molecule has 0 saturated heterocycles. The lowest BCUT2D eigenvalue weighted by Crippen LogP contribution is -2.13. The van der Waals surface area contributed by atoms with Gasteiger partial charge in [-0.05, 0) is 48.2 Å². The highest BCUT2D eigenvalue weighted by molar-refractivity contribution is 5.68. The summed E-state index contributed by atoms with van der Waals surface area (Å²) in [6.45, 7) is 1.67. The van der Waals surface area contributed by atoms with Gasteiger partial charge < -0.3 is 24.5 Å². The first-order chi connectivity index (χ1) is 16.1. The van der Waals surface area contributed by atoms with Gasteiger partial charge in [0.1, 0.15) is 5.82 Å². The molecular weight excluding hydrogens is 420 g/mol. The number of allylic oxidation sites excluding steroid dienone is 1. The van der Waals surface area contributed by atoms with E-state index in [4.69, 9.17) is 14.5 Å². The van der Waals surface area contributed by atoms with Crippen molar-refractivity contribution >= 4 is 17.9 Å². The summed E-state index contributed by atoms with van der Waals surface area (Å²) in [6.07, 6.45) is 10.7. The summed E-state index contributed by atoms with van der Waals surface area (Å²) >= 11 is 0. The van der Waals surface area contributed by atoms with E-state index in [1.54, 1.807) is 6.33 Å². The molecule has 3 aromatic rings. The zero-order valence-corrected chi connectivity index (χ0v) is 18.2. The molecule has 33 heavy (non-hydrogen) atoms. The molecule has 0 spiro atoms. The van der Waals surface area contributed by atoms with Gasteiger partial charge in [-0.25, -0.2) is 9.97 Å². The molecular formula is C25H26N4O4. The number of nitrogens with zero attached hydrogens (tertiary/aromatic N) is 3. The zero-order valence-electron chi connectivity index (χ0n) is 18.2. The fourth-order valence-corrected chi connectivity index (χ4v) is 4.27. The van der Waals surface area contributed by atoms with Crippen LogP contribution < -0.4 is 14.8 Å². The Labute approximate surface area is 191 Å². The average Bonchev–Trinajstić information content (AvgIpc) is 3.47. The highest BCUT2D eigenvalue weighted by atomic mass is 16.7. The van der Waals surface area contributed by atoms with Gasteiger partial charge in [-0.1, -0.05) is 18.2 Å². The molecule has 0 amide bonds. The van der Waals surface area contributed by atoms with Crippen LogP contribution in [0.15, 0.2) is 48.9 Å². The number of anilines is 1. The molecule has 0 fully saturated rings. The van der Waals surface area contributed by atoms with Crippen molar-refractivity contribution in [3.05, 3.63) is 71.4 Å². The number of carboxylic acid groups (broad SMARTS) is 1. The second-order valence-electron chi connectivity index (χ2n) is 8.35. The van der Waals surface area contributed by atoms with Gasteiger partial charge >= 0.3 is 5.97 Å². The molecule has 5 rings (SSSR count). The summed E-state index contributed by atoms with van der Waals surface area (Å²) in [5.74, 6) is 1.29. The Morgan fingerprint density at radius 2 is 2.15 bits per heavy atom. The Morgan fingerprint density at radius 1 is 1.24 bits per heavy atom. The molecule has 1 unspecified atom stereocenters. The smallest absolute Gasteiger partial charge is 0.304 e. The number of hydrogen-bond donors (Lipinski definition) is 2. The highest BCUT2D eigenvalue weighted by Crippen LogP contribution is 2.36. The van der Waals surface area contributed by atoms with Crippen LogP contribution in [0.5, 0.6) is 11.5 Å². The van der Waals surface area contributed by atoms with Crippen LogP contribution >= 0.6 is 0 Å². The van der Waals surface area contributed by atoms with Crippen LogP contribution in [0.2, 0.25) is 0 Å². The van der Waals surface area contributed by atoms with E-state index in [0.29, 0.717) is 18.0 Å². The topological polar surface area (TPSA) is 98.5 Å². The average molecular weight is 447 g/mol. The van der Waals surface area contributed by atoms with Crippen LogP contribution in [-0.4, -0.2) is 38.9 Å². The van der Waals surface area contributed by atoms with Gasteiger partial charge in [-0.3, -0.25) is 4.79 Å². The normalized spacial score (nSPS) is 15.3. The highest BCUT2D eigenvalue weighted by Gasteiger charge is 2.21. The van der Waals surface area contributed by atoms with Gasteiger partial charge in [0.2, 0.25) is 6.79 Å². The number of fused-ring (bicyclic) bond motifs is 2. The minimum Gasteiger partial charge on any atom is -0.481 e. The van der Waals surface area contributed by atoms with Gasteiger partial charge in [0.15, 0.2) is 11.5 Å². The van der Waals surface area contributed by atoms with E-state index in [2.05, 4.69) is 28.5 Å². The number of carbonyl (C=O) groups is 1. The fourth-order valence-electron chi connectivity index (χ4n) is 4.27. The van der Waals surface area contributed by atoms with E-state index in [0.717, 1.165) is 48.6 Å². The maximum atomic E-state index is 11.5. The lowest BCUT2D eigenvalue weighted by Gasteiger charge is -2.17. The number of nitrogens with one attached hydrogen (secondary N) is 1. The summed E-state index contributed by atoms with van der Waals surface area (Å²) in [5, 5.41) is 12.8. The lowest BCUT2D eigenvalue weighted by molar-refractivity contribution is -0.137. The first-order valence-corrected chi connectivity index (χ1v) is 11.2. The Balaban J connectivity index is 1.24. The van der Waals surface area contributed by atoms with E-state index in [9.17, 15) is 9.90 Å². The lowest BCUT2D eigenvalue weighted by atomic mass is 9.95. The third-order valence-electron chi connectivity index (χ3n) is 5.94. The van der Waals surface area contributed by atoms with Crippen molar-refractivity contribution in [2.75, 3.05) is 18.7 Å². The Morgan fingerprint density at radius 3 is 3.06 bits per heavy atom. The maximum Gasteiger partial charge on any atom is 0.304 e. The van der Waals surface area contributed by atoms with Crippen LogP contribution in [0.1, 0.15) is 41.3 Å².